The van der Waals surface area contributed by atoms with Gasteiger partial charge in [-0.2, -0.15) is 0 Å². The molecule has 0 fully saturated rings. The maximum absolute atomic E-state index is 12.3. The van der Waals surface area contributed by atoms with E-state index in [0.717, 1.165) is 0 Å². The summed E-state index contributed by atoms with van der Waals surface area (Å²) in [6.07, 6.45) is 1.54. The molecule has 0 saturated carbocycles. The number of carbonyl (C=O) groups is 1. The van der Waals surface area contributed by atoms with Gasteiger partial charge in [0.1, 0.15) is 17.3 Å². The minimum atomic E-state index is -0.354. The highest BCUT2D eigenvalue weighted by atomic mass is 16.3. The third-order valence-electron chi connectivity index (χ3n) is 2.81. The van der Waals surface area contributed by atoms with Crippen LogP contribution in [-0.4, -0.2) is 27.6 Å². The number of rotatable bonds is 4. The number of benzene rings is 1. The molecule has 2 rings (SSSR count). The summed E-state index contributed by atoms with van der Waals surface area (Å²) in [5.41, 5.74) is 0.0772. The van der Waals surface area contributed by atoms with Crippen LogP contribution in [0.15, 0.2) is 41.0 Å². The second kappa shape index (κ2) is 5.48. The summed E-state index contributed by atoms with van der Waals surface area (Å²) in [6.45, 7) is 2.62. The van der Waals surface area contributed by atoms with E-state index >= 15 is 0 Å². The number of hydrogen-bond donors (Lipinski definition) is 2. The van der Waals surface area contributed by atoms with Gasteiger partial charge in [-0.05, 0) is 37.3 Å². The number of aromatic hydroxyl groups is 2. The maximum atomic E-state index is 12.3. The molecule has 0 aliphatic rings. The third kappa shape index (κ3) is 2.88. The number of phenolic OH excluding ortho intramolecular Hbond substituents is 2. The molecule has 0 radical (unpaired) electrons. The topological polar surface area (TPSA) is 73.9 Å². The van der Waals surface area contributed by atoms with Crippen molar-refractivity contribution in [2.45, 2.75) is 13.5 Å². The first-order valence-corrected chi connectivity index (χ1v) is 5.95. The van der Waals surface area contributed by atoms with E-state index in [4.69, 9.17) is 4.42 Å². The summed E-state index contributed by atoms with van der Waals surface area (Å²) < 4.78 is 5.20. The van der Waals surface area contributed by atoms with Gasteiger partial charge in [0.15, 0.2) is 0 Å². The molecule has 1 aromatic heterocycles. The number of phenols is 2. The lowest BCUT2D eigenvalue weighted by atomic mass is 10.1. The molecule has 0 aliphatic carbocycles. The maximum Gasteiger partial charge on any atom is 0.258 e. The lowest BCUT2D eigenvalue weighted by Gasteiger charge is -2.20. The van der Waals surface area contributed by atoms with Crippen molar-refractivity contribution in [2.75, 3.05) is 6.54 Å². The predicted molar refractivity (Wildman–Crippen MR) is 68.9 cm³/mol. The zero-order valence-corrected chi connectivity index (χ0v) is 10.5. The summed E-state index contributed by atoms with van der Waals surface area (Å²) in [5, 5.41) is 19.1. The average molecular weight is 261 g/mol. The van der Waals surface area contributed by atoms with Crippen molar-refractivity contribution in [2.24, 2.45) is 0 Å². The number of amides is 1. The molecule has 0 spiro atoms. The van der Waals surface area contributed by atoms with Gasteiger partial charge in [-0.25, -0.2) is 0 Å². The Morgan fingerprint density at radius 2 is 2.11 bits per heavy atom. The number of nitrogens with zero attached hydrogens (tertiary/aromatic N) is 1. The van der Waals surface area contributed by atoms with Crippen molar-refractivity contribution in [3.05, 3.63) is 47.9 Å². The first kappa shape index (κ1) is 13.0. The second-order valence-electron chi connectivity index (χ2n) is 4.10. The van der Waals surface area contributed by atoms with Gasteiger partial charge < -0.3 is 19.5 Å². The van der Waals surface area contributed by atoms with Gasteiger partial charge in [0.2, 0.25) is 0 Å². The number of carbonyl (C=O) groups excluding carboxylic acids is 1. The molecule has 100 valence electrons. The van der Waals surface area contributed by atoms with Crippen LogP contribution < -0.4 is 0 Å². The molecule has 5 heteroatoms. The fraction of sp³-hybridized carbons (Fsp3) is 0.214. The largest absolute Gasteiger partial charge is 0.508 e. The fourth-order valence-corrected chi connectivity index (χ4v) is 1.78. The lowest BCUT2D eigenvalue weighted by Crippen LogP contribution is -2.30. The molecule has 2 N–H and O–H groups in total. The molecule has 0 saturated heterocycles. The van der Waals surface area contributed by atoms with E-state index in [1.807, 2.05) is 6.92 Å². The summed E-state index contributed by atoms with van der Waals surface area (Å²) in [5.74, 6) is 0.0954. The molecular weight excluding hydrogens is 246 g/mol. The van der Waals surface area contributed by atoms with Crippen LogP contribution in [0.4, 0.5) is 0 Å². The lowest BCUT2D eigenvalue weighted by molar-refractivity contribution is 0.0738. The predicted octanol–water partition coefficient (Wildman–Crippen LogP) is 2.35. The number of furan rings is 1. The van der Waals surface area contributed by atoms with Crippen molar-refractivity contribution in [3.8, 4) is 11.5 Å². The summed E-state index contributed by atoms with van der Waals surface area (Å²) in [6, 6.07) is 7.40. The molecule has 5 nitrogen and oxygen atoms in total. The average Bonchev–Trinajstić information content (AvgIpc) is 2.91. The normalized spacial score (nSPS) is 10.4. The third-order valence-corrected chi connectivity index (χ3v) is 2.81. The van der Waals surface area contributed by atoms with Gasteiger partial charge in [-0.3, -0.25) is 4.79 Å². The van der Waals surface area contributed by atoms with Crippen LogP contribution in [0.25, 0.3) is 0 Å². The van der Waals surface area contributed by atoms with Gasteiger partial charge >= 0.3 is 0 Å². The van der Waals surface area contributed by atoms with Crippen molar-refractivity contribution in [3.63, 3.8) is 0 Å². The Kier molecular flexibility index (Phi) is 3.75. The van der Waals surface area contributed by atoms with Gasteiger partial charge in [0.05, 0.1) is 18.4 Å². The molecule has 1 aromatic carbocycles. The molecule has 19 heavy (non-hydrogen) atoms. The van der Waals surface area contributed by atoms with E-state index in [0.29, 0.717) is 18.8 Å². The Morgan fingerprint density at radius 1 is 1.32 bits per heavy atom. The Labute approximate surface area is 110 Å². The first-order chi connectivity index (χ1) is 9.11. The minimum absolute atomic E-state index is 0.0600. The Bertz CT molecular complexity index is 563. The van der Waals surface area contributed by atoms with E-state index in [9.17, 15) is 15.0 Å². The van der Waals surface area contributed by atoms with E-state index in [1.165, 1.54) is 23.1 Å². The standard InChI is InChI=1S/C14H15NO4/c1-2-15(9-11-4-3-7-19-11)14(18)12-8-10(16)5-6-13(12)17/h3-8,16-17H,2,9H2,1H3. The van der Waals surface area contributed by atoms with Crippen molar-refractivity contribution < 1.29 is 19.4 Å². The molecule has 0 aliphatic heterocycles. The molecule has 0 atom stereocenters. The zero-order chi connectivity index (χ0) is 13.8. The van der Waals surface area contributed by atoms with E-state index in [2.05, 4.69) is 0 Å². The smallest absolute Gasteiger partial charge is 0.258 e. The van der Waals surface area contributed by atoms with Gasteiger partial charge in [0, 0.05) is 6.54 Å². The summed E-state index contributed by atoms with van der Waals surface area (Å²) >= 11 is 0. The molecule has 1 amide bonds. The van der Waals surface area contributed by atoms with Crippen molar-refractivity contribution in [1.82, 2.24) is 4.90 Å². The van der Waals surface area contributed by atoms with Crippen LogP contribution >= 0.6 is 0 Å². The molecular formula is C14H15NO4. The first-order valence-electron chi connectivity index (χ1n) is 5.95. The quantitative estimate of drug-likeness (QED) is 0.828. The van der Waals surface area contributed by atoms with Gasteiger partial charge in [0.25, 0.3) is 5.91 Å². The van der Waals surface area contributed by atoms with Crippen LogP contribution in [0.1, 0.15) is 23.0 Å². The Hall–Kier alpha value is -2.43. The monoisotopic (exact) mass is 261 g/mol. The van der Waals surface area contributed by atoms with Crippen LogP contribution in [0.3, 0.4) is 0 Å². The van der Waals surface area contributed by atoms with Crippen LogP contribution in [0.5, 0.6) is 11.5 Å². The van der Waals surface area contributed by atoms with Crippen LogP contribution in [0, 0.1) is 0 Å². The summed E-state index contributed by atoms with van der Waals surface area (Å²) in [4.78, 5) is 13.8. The highest BCUT2D eigenvalue weighted by molar-refractivity contribution is 5.97. The Morgan fingerprint density at radius 3 is 2.74 bits per heavy atom. The molecule has 2 aromatic rings. The van der Waals surface area contributed by atoms with Gasteiger partial charge in [-0.15, -0.1) is 0 Å². The van der Waals surface area contributed by atoms with E-state index in [1.54, 1.807) is 18.4 Å². The fourth-order valence-electron chi connectivity index (χ4n) is 1.78. The van der Waals surface area contributed by atoms with Crippen molar-refractivity contribution >= 4 is 5.91 Å². The highest BCUT2D eigenvalue weighted by Crippen LogP contribution is 2.24. The number of hydrogen-bond acceptors (Lipinski definition) is 4. The Balaban J connectivity index is 2.23. The molecule has 1 heterocycles. The second-order valence-corrected chi connectivity index (χ2v) is 4.10. The zero-order valence-electron chi connectivity index (χ0n) is 10.5. The minimum Gasteiger partial charge on any atom is -0.508 e. The molecule has 0 bridgehead atoms. The van der Waals surface area contributed by atoms with Gasteiger partial charge in [-0.1, -0.05) is 0 Å². The van der Waals surface area contributed by atoms with E-state index in [-0.39, 0.29) is 23.0 Å². The SMILES string of the molecule is CCN(Cc1ccco1)C(=O)c1cc(O)ccc1O. The van der Waals surface area contributed by atoms with Crippen LogP contribution in [0.2, 0.25) is 0 Å². The van der Waals surface area contributed by atoms with Crippen LogP contribution in [-0.2, 0) is 6.54 Å². The summed E-state index contributed by atoms with van der Waals surface area (Å²) in [7, 11) is 0. The van der Waals surface area contributed by atoms with Crippen molar-refractivity contribution in [1.29, 1.82) is 0 Å². The molecule has 0 unspecified atom stereocenters. The highest BCUT2D eigenvalue weighted by Gasteiger charge is 2.19. The van der Waals surface area contributed by atoms with E-state index < -0.39 is 0 Å².